The molecule has 1 unspecified atom stereocenters. The standard InChI is InChI=1S/C27H27FN4O2/c1-16-20(6-5-7-21(16)26(33)29-2)25(30-19-11-8-17(9-12-19)15-32(3)4)24-22-13-10-18(28)14-23(22)31-27(24)34/h5-14,24H,15H2,1-4H3,(H,29,33)(H,31,34). The Bertz CT molecular complexity index is 1280. The SMILES string of the molecule is CNC(=O)c1cccc(C(=Nc2ccc(CN(C)C)cc2)C2C(=O)Nc3cc(F)ccc32)c1C. The molecule has 0 saturated carbocycles. The molecule has 174 valence electrons. The van der Waals surface area contributed by atoms with Crippen LogP contribution in [0.3, 0.4) is 0 Å². The molecule has 0 aliphatic carbocycles. The summed E-state index contributed by atoms with van der Waals surface area (Å²) in [5.41, 5.74) is 5.33. The summed E-state index contributed by atoms with van der Waals surface area (Å²) in [5, 5.41) is 5.43. The van der Waals surface area contributed by atoms with Gasteiger partial charge in [0.2, 0.25) is 5.91 Å². The zero-order valence-corrected chi connectivity index (χ0v) is 19.6. The van der Waals surface area contributed by atoms with Gasteiger partial charge in [0.1, 0.15) is 11.7 Å². The van der Waals surface area contributed by atoms with Gasteiger partial charge in [0.25, 0.3) is 5.91 Å². The van der Waals surface area contributed by atoms with Crippen molar-refractivity contribution in [2.24, 2.45) is 4.99 Å². The van der Waals surface area contributed by atoms with Crippen LogP contribution in [0.15, 0.2) is 65.7 Å². The van der Waals surface area contributed by atoms with E-state index < -0.39 is 11.7 Å². The van der Waals surface area contributed by atoms with Crippen LogP contribution < -0.4 is 10.6 Å². The van der Waals surface area contributed by atoms with Gasteiger partial charge in [0.05, 0.1) is 11.4 Å². The van der Waals surface area contributed by atoms with Gasteiger partial charge < -0.3 is 15.5 Å². The van der Waals surface area contributed by atoms with E-state index in [0.717, 1.165) is 12.1 Å². The molecule has 7 heteroatoms. The Labute approximate surface area is 198 Å². The Morgan fingerprint density at radius 1 is 1.09 bits per heavy atom. The fourth-order valence-electron chi connectivity index (χ4n) is 4.26. The molecule has 0 radical (unpaired) electrons. The number of anilines is 1. The molecule has 0 bridgehead atoms. The van der Waals surface area contributed by atoms with Crippen molar-refractivity contribution >= 4 is 28.9 Å². The van der Waals surface area contributed by atoms with Gasteiger partial charge in [-0.2, -0.15) is 0 Å². The quantitative estimate of drug-likeness (QED) is 0.538. The summed E-state index contributed by atoms with van der Waals surface area (Å²) < 4.78 is 13.8. The Balaban J connectivity index is 1.88. The average Bonchev–Trinajstić information content (AvgIpc) is 3.12. The minimum absolute atomic E-state index is 0.218. The van der Waals surface area contributed by atoms with Crippen molar-refractivity contribution in [1.29, 1.82) is 0 Å². The van der Waals surface area contributed by atoms with E-state index in [-0.39, 0.29) is 11.8 Å². The molecule has 0 fully saturated rings. The number of fused-ring (bicyclic) bond motifs is 1. The van der Waals surface area contributed by atoms with Gasteiger partial charge >= 0.3 is 0 Å². The highest BCUT2D eigenvalue weighted by Gasteiger charge is 2.36. The molecular formula is C27H27FN4O2. The molecule has 2 N–H and O–H groups in total. The van der Waals surface area contributed by atoms with Crippen molar-refractivity contribution in [1.82, 2.24) is 10.2 Å². The fraction of sp³-hybridized carbons (Fsp3) is 0.222. The third-order valence-corrected chi connectivity index (χ3v) is 5.89. The van der Waals surface area contributed by atoms with Crippen molar-refractivity contribution in [2.75, 3.05) is 26.5 Å². The van der Waals surface area contributed by atoms with Crippen LogP contribution in [0, 0.1) is 12.7 Å². The van der Waals surface area contributed by atoms with Gasteiger partial charge in [-0.1, -0.05) is 30.3 Å². The number of carbonyl (C=O) groups is 2. The molecule has 1 atom stereocenters. The lowest BCUT2D eigenvalue weighted by Gasteiger charge is -2.18. The van der Waals surface area contributed by atoms with E-state index in [0.29, 0.717) is 39.3 Å². The Morgan fingerprint density at radius 3 is 2.47 bits per heavy atom. The summed E-state index contributed by atoms with van der Waals surface area (Å²) >= 11 is 0. The second-order valence-electron chi connectivity index (χ2n) is 8.61. The van der Waals surface area contributed by atoms with E-state index >= 15 is 0 Å². The second kappa shape index (κ2) is 9.57. The van der Waals surface area contributed by atoms with Gasteiger partial charge in [0, 0.05) is 30.4 Å². The van der Waals surface area contributed by atoms with E-state index in [1.54, 1.807) is 25.2 Å². The van der Waals surface area contributed by atoms with Crippen molar-refractivity contribution < 1.29 is 14.0 Å². The van der Waals surface area contributed by atoms with Gasteiger partial charge in [0.15, 0.2) is 0 Å². The van der Waals surface area contributed by atoms with Crippen molar-refractivity contribution in [3.63, 3.8) is 0 Å². The van der Waals surface area contributed by atoms with Crippen LogP contribution >= 0.6 is 0 Å². The Kier molecular flexibility index (Phi) is 6.56. The molecule has 0 spiro atoms. The van der Waals surface area contributed by atoms with Crippen LogP contribution in [0.2, 0.25) is 0 Å². The maximum Gasteiger partial charge on any atom is 0.251 e. The molecule has 0 aromatic heterocycles. The van der Waals surface area contributed by atoms with E-state index in [9.17, 15) is 14.0 Å². The third kappa shape index (κ3) is 4.61. The first-order valence-corrected chi connectivity index (χ1v) is 11.0. The number of carbonyl (C=O) groups excluding carboxylic acids is 2. The van der Waals surface area contributed by atoms with Crippen LogP contribution in [0.5, 0.6) is 0 Å². The third-order valence-electron chi connectivity index (χ3n) is 5.89. The number of amides is 2. The first-order valence-electron chi connectivity index (χ1n) is 11.0. The lowest BCUT2D eigenvalue weighted by molar-refractivity contribution is -0.115. The smallest absolute Gasteiger partial charge is 0.251 e. The van der Waals surface area contributed by atoms with Gasteiger partial charge in [-0.25, -0.2) is 4.39 Å². The molecule has 3 aromatic carbocycles. The fourth-order valence-corrected chi connectivity index (χ4v) is 4.26. The summed E-state index contributed by atoms with van der Waals surface area (Å²) in [4.78, 5) is 32.5. The average molecular weight is 459 g/mol. The molecule has 1 aliphatic heterocycles. The predicted octanol–water partition coefficient (Wildman–Crippen LogP) is 4.41. The molecule has 6 nitrogen and oxygen atoms in total. The predicted molar refractivity (Wildman–Crippen MR) is 132 cm³/mol. The number of rotatable bonds is 6. The number of benzene rings is 3. The second-order valence-corrected chi connectivity index (χ2v) is 8.61. The summed E-state index contributed by atoms with van der Waals surface area (Å²) in [6, 6.07) is 17.5. The number of hydrogen-bond acceptors (Lipinski definition) is 4. The van der Waals surface area contributed by atoms with E-state index in [1.165, 1.54) is 12.1 Å². The van der Waals surface area contributed by atoms with Gasteiger partial charge in [-0.05, 0) is 68.0 Å². The van der Waals surface area contributed by atoms with Crippen LogP contribution in [-0.2, 0) is 11.3 Å². The van der Waals surface area contributed by atoms with Gasteiger partial charge in [-0.3, -0.25) is 14.6 Å². The summed E-state index contributed by atoms with van der Waals surface area (Å²) in [5.74, 6) is -1.67. The molecule has 0 saturated heterocycles. The van der Waals surface area contributed by atoms with Gasteiger partial charge in [-0.15, -0.1) is 0 Å². The highest BCUT2D eigenvalue weighted by atomic mass is 19.1. The largest absolute Gasteiger partial charge is 0.355 e. The van der Waals surface area contributed by atoms with Crippen LogP contribution in [0.1, 0.15) is 38.5 Å². The molecule has 1 aliphatic rings. The summed E-state index contributed by atoms with van der Waals surface area (Å²) in [6.07, 6.45) is 0. The minimum atomic E-state index is -0.740. The van der Waals surface area contributed by atoms with Crippen LogP contribution in [-0.4, -0.2) is 43.6 Å². The number of nitrogens with zero attached hydrogens (tertiary/aromatic N) is 2. The number of nitrogens with one attached hydrogen (secondary N) is 2. The number of aliphatic imine (C=N–C) groups is 1. The Hall–Kier alpha value is -3.84. The Morgan fingerprint density at radius 2 is 1.79 bits per heavy atom. The van der Waals surface area contributed by atoms with Crippen LogP contribution in [0.4, 0.5) is 15.8 Å². The lowest BCUT2D eigenvalue weighted by Crippen LogP contribution is -2.24. The minimum Gasteiger partial charge on any atom is -0.355 e. The molecule has 2 amide bonds. The maximum absolute atomic E-state index is 13.8. The van der Waals surface area contributed by atoms with Crippen molar-refractivity contribution in [2.45, 2.75) is 19.4 Å². The molecular weight excluding hydrogens is 431 g/mol. The molecule has 1 heterocycles. The summed E-state index contributed by atoms with van der Waals surface area (Å²) in [6.45, 7) is 2.64. The normalized spacial score (nSPS) is 15.3. The van der Waals surface area contributed by atoms with E-state index in [4.69, 9.17) is 4.99 Å². The van der Waals surface area contributed by atoms with Crippen molar-refractivity contribution in [3.05, 3.63) is 94.3 Å². The number of halogens is 1. The first-order chi connectivity index (χ1) is 16.3. The van der Waals surface area contributed by atoms with E-state index in [2.05, 4.69) is 15.5 Å². The van der Waals surface area contributed by atoms with E-state index in [1.807, 2.05) is 51.4 Å². The summed E-state index contributed by atoms with van der Waals surface area (Å²) in [7, 11) is 5.59. The zero-order chi connectivity index (χ0) is 24.4. The highest BCUT2D eigenvalue weighted by molar-refractivity contribution is 6.25. The number of hydrogen-bond donors (Lipinski definition) is 2. The molecule has 3 aromatic rings. The maximum atomic E-state index is 13.8. The zero-order valence-electron chi connectivity index (χ0n) is 19.6. The first kappa shape index (κ1) is 23.3. The highest BCUT2D eigenvalue weighted by Crippen LogP contribution is 2.37. The topological polar surface area (TPSA) is 73.8 Å². The monoisotopic (exact) mass is 458 g/mol. The molecule has 4 rings (SSSR count). The van der Waals surface area contributed by atoms with Crippen molar-refractivity contribution in [3.8, 4) is 0 Å². The van der Waals surface area contributed by atoms with Crippen LogP contribution in [0.25, 0.3) is 0 Å². The lowest BCUT2D eigenvalue weighted by atomic mass is 9.87. The molecule has 34 heavy (non-hydrogen) atoms.